The summed E-state index contributed by atoms with van der Waals surface area (Å²) in [5.74, 6) is -3.14. The van der Waals surface area contributed by atoms with Gasteiger partial charge in [-0.25, -0.2) is 9.18 Å². The monoisotopic (exact) mass is 451 g/mol. The smallest absolute Gasteiger partial charge is 0.475 e. The molecule has 2 aromatic carbocycles. The van der Waals surface area contributed by atoms with Crippen molar-refractivity contribution in [2.45, 2.75) is 32.5 Å². The molecule has 1 aromatic heterocycles. The SMILES string of the molecule is CC(C)(C)NC(=O)c1ccc(-c2cn[nH]c2-c2ccc(F)cc2)cc1.O=C(O)C(F)(F)F. The highest BCUT2D eigenvalue weighted by Gasteiger charge is 2.38. The lowest BCUT2D eigenvalue weighted by molar-refractivity contribution is -0.192. The zero-order chi connectivity index (χ0) is 24.1. The van der Waals surface area contributed by atoms with Gasteiger partial charge in [0.1, 0.15) is 5.82 Å². The number of aliphatic carboxylic acids is 1. The quantitative estimate of drug-likeness (QED) is 0.486. The van der Waals surface area contributed by atoms with Gasteiger partial charge in [-0.05, 0) is 62.7 Å². The molecule has 3 N–H and O–H groups in total. The van der Waals surface area contributed by atoms with E-state index in [0.717, 1.165) is 22.4 Å². The van der Waals surface area contributed by atoms with Crippen LogP contribution in [0.25, 0.3) is 22.4 Å². The molecule has 3 rings (SSSR count). The predicted octanol–water partition coefficient (Wildman–Crippen LogP) is 5.04. The van der Waals surface area contributed by atoms with Crippen molar-refractivity contribution in [2.24, 2.45) is 0 Å². The Labute approximate surface area is 181 Å². The van der Waals surface area contributed by atoms with Crippen molar-refractivity contribution in [2.75, 3.05) is 0 Å². The second-order valence-electron chi connectivity index (χ2n) is 7.75. The van der Waals surface area contributed by atoms with Crippen molar-refractivity contribution in [3.8, 4) is 22.4 Å². The van der Waals surface area contributed by atoms with Gasteiger partial charge >= 0.3 is 12.1 Å². The normalized spacial score (nSPS) is 11.3. The summed E-state index contributed by atoms with van der Waals surface area (Å²) in [7, 11) is 0. The van der Waals surface area contributed by atoms with Gasteiger partial charge in [0.05, 0.1) is 11.9 Å². The predicted molar refractivity (Wildman–Crippen MR) is 110 cm³/mol. The Hall–Kier alpha value is -3.69. The average molecular weight is 451 g/mol. The van der Waals surface area contributed by atoms with Crippen LogP contribution in [0.2, 0.25) is 0 Å². The highest BCUT2D eigenvalue weighted by atomic mass is 19.4. The first-order valence-electron chi connectivity index (χ1n) is 9.30. The van der Waals surface area contributed by atoms with E-state index in [1.807, 2.05) is 32.9 Å². The van der Waals surface area contributed by atoms with Crippen LogP contribution in [-0.2, 0) is 4.79 Å². The molecular weight excluding hydrogens is 430 g/mol. The van der Waals surface area contributed by atoms with E-state index in [1.54, 1.807) is 30.5 Å². The third-order valence-electron chi connectivity index (χ3n) is 3.96. The molecule has 0 aliphatic heterocycles. The first-order valence-corrected chi connectivity index (χ1v) is 9.30. The van der Waals surface area contributed by atoms with Gasteiger partial charge in [-0.2, -0.15) is 18.3 Å². The van der Waals surface area contributed by atoms with Gasteiger partial charge in [-0.15, -0.1) is 0 Å². The van der Waals surface area contributed by atoms with Crippen LogP contribution in [0.15, 0.2) is 54.7 Å². The number of aromatic amines is 1. The molecule has 3 aromatic rings. The van der Waals surface area contributed by atoms with E-state index in [0.29, 0.717) is 5.56 Å². The van der Waals surface area contributed by atoms with Crippen LogP contribution in [-0.4, -0.2) is 38.9 Å². The minimum absolute atomic E-state index is 0.106. The number of rotatable bonds is 3. The number of alkyl halides is 3. The van der Waals surface area contributed by atoms with Crippen molar-refractivity contribution in [1.82, 2.24) is 15.5 Å². The van der Waals surface area contributed by atoms with Crippen molar-refractivity contribution in [1.29, 1.82) is 0 Å². The number of hydrogen-bond donors (Lipinski definition) is 3. The zero-order valence-corrected chi connectivity index (χ0v) is 17.4. The van der Waals surface area contributed by atoms with E-state index in [-0.39, 0.29) is 17.3 Å². The molecular formula is C22H21F4N3O3. The topological polar surface area (TPSA) is 95.1 Å². The van der Waals surface area contributed by atoms with Crippen molar-refractivity contribution < 1.29 is 32.3 Å². The fraction of sp³-hybridized carbons (Fsp3) is 0.227. The minimum Gasteiger partial charge on any atom is -0.475 e. The molecule has 32 heavy (non-hydrogen) atoms. The molecule has 0 spiro atoms. The van der Waals surface area contributed by atoms with E-state index in [1.165, 1.54) is 12.1 Å². The van der Waals surface area contributed by atoms with Crippen molar-refractivity contribution in [3.63, 3.8) is 0 Å². The fourth-order valence-corrected chi connectivity index (χ4v) is 2.56. The third kappa shape index (κ3) is 6.93. The first-order chi connectivity index (χ1) is 14.8. The van der Waals surface area contributed by atoms with Crippen LogP contribution in [0.3, 0.4) is 0 Å². The number of nitrogens with one attached hydrogen (secondary N) is 2. The maximum Gasteiger partial charge on any atom is 0.490 e. The molecule has 6 nitrogen and oxygen atoms in total. The number of carbonyl (C=O) groups is 2. The number of amides is 1. The van der Waals surface area contributed by atoms with Crippen LogP contribution in [0.4, 0.5) is 17.6 Å². The summed E-state index contributed by atoms with van der Waals surface area (Å²) in [6.07, 6.45) is -3.36. The van der Waals surface area contributed by atoms with Crippen LogP contribution in [0, 0.1) is 5.82 Å². The maximum atomic E-state index is 13.1. The number of carbonyl (C=O) groups excluding carboxylic acids is 1. The number of halogens is 4. The summed E-state index contributed by atoms with van der Waals surface area (Å²) in [4.78, 5) is 21.1. The Morgan fingerprint density at radius 1 is 0.938 bits per heavy atom. The van der Waals surface area contributed by atoms with E-state index in [9.17, 15) is 22.4 Å². The number of aromatic nitrogens is 2. The molecule has 10 heteroatoms. The standard InChI is InChI=1S/C20H20FN3O.C2HF3O2/c1-20(2,3)23-19(25)15-6-4-13(5-7-15)17-12-22-24-18(17)14-8-10-16(21)11-9-14;3-2(4,5)1(6)7/h4-12H,1-3H3,(H,22,24)(H,23,25);(H,6,7). The first kappa shape index (κ1) is 24.6. The molecule has 0 atom stereocenters. The van der Waals surface area contributed by atoms with E-state index in [2.05, 4.69) is 15.5 Å². The Balaban J connectivity index is 0.000000451. The van der Waals surface area contributed by atoms with Gasteiger partial charge in [0.15, 0.2) is 0 Å². The van der Waals surface area contributed by atoms with Crippen molar-refractivity contribution >= 4 is 11.9 Å². The Bertz CT molecular complexity index is 1070. The number of nitrogens with zero attached hydrogens (tertiary/aromatic N) is 1. The number of benzene rings is 2. The van der Waals surface area contributed by atoms with E-state index < -0.39 is 12.1 Å². The Morgan fingerprint density at radius 3 is 1.91 bits per heavy atom. The molecule has 0 aliphatic rings. The fourth-order valence-electron chi connectivity index (χ4n) is 2.56. The molecule has 1 heterocycles. The van der Waals surface area contributed by atoms with Gasteiger partial charge < -0.3 is 10.4 Å². The summed E-state index contributed by atoms with van der Waals surface area (Å²) in [6.45, 7) is 5.83. The van der Waals surface area contributed by atoms with Gasteiger partial charge in [0.2, 0.25) is 0 Å². The Kier molecular flexibility index (Phi) is 7.40. The summed E-state index contributed by atoms with van der Waals surface area (Å²) in [5, 5.41) is 17.1. The largest absolute Gasteiger partial charge is 0.490 e. The Morgan fingerprint density at radius 2 is 1.44 bits per heavy atom. The lowest BCUT2D eigenvalue weighted by Crippen LogP contribution is -2.40. The van der Waals surface area contributed by atoms with Crippen LogP contribution < -0.4 is 5.32 Å². The third-order valence-corrected chi connectivity index (χ3v) is 3.96. The molecule has 0 fully saturated rings. The summed E-state index contributed by atoms with van der Waals surface area (Å²) >= 11 is 0. The second-order valence-corrected chi connectivity index (χ2v) is 7.75. The van der Waals surface area contributed by atoms with Crippen LogP contribution in [0.5, 0.6) is 0 Å². The number of carboxylic acids is 1. The average Bonchev–Trinajstić information content (AvgIpc) is 3.17. The van der Waals surface area contributed by atoms with E-state index >= 15 is 0 Å². The minimum atomic E-state index is -5.08. The molecule has 0 bridgehead atoms. The molecule has 0 saturated heterocycles. The van der Waals surface area contributed by atoms with Gasteiger partial charge in [0.25, 0.3) is 5.91 Å². The highest BCUT2D eigenvalue weighted by Crippen LogP contribution is 2.30. The molecule has 170 valence electrons. The number of hydrogen-bond acceptors (Lipinski definition) is 3. The summed E-state index contributed by atoms with van der Waals surface area (Å²) in [6, 6.07) is 13.6. The summed E-state index contributed by atoms with van der Waals surface area (Å²) < 4.78 is 44.9. The summed E-state index contributed by atoms with van der Waals surface area (Å²) in [5.41, 5.74) is 3.81. The van der Waals surface area contributed by atoms with Gasteiger partial charge in [-0.3, -0.25) is 9.89 Å². The van der Waals surface area contributed by atoms with Gasteiger partial charge in [0, 0.05) is 22.2 Å². The molecule has 0 aliphatic carbocycles. The van der Waals surface area contributed by atoms with Crippen molar-refractivity contribution in [3.05, 3.63) is 66.1 Å². The van der Waals surface area contributed by atoms with Gasteiger partial charge in [-0.1, -0.05) is 12.1 Å². The maximum absolute atomic E-state index is 13.1. The zero-order valence-electron chi connectivity index (χ0n) is 17.4. The molecule has 0 unspecified atom stereocenters. The van der Waals surface area contributed by atoms with Crippen LogP contribution >= 0.6 is 0 Å². The highest BCUT2D eigenvalue weighted by molar-refractivity contribution is 5.95. The number of carboxylic acid groups (broad SMARTS) is 1. The lowest BCUT2D eigenvalue weighted by Gasteiger charge is -2.20. The number of H-pyrrole nitrogens is 1. The lowest BCUT2D eigenvalue weighted by atomic mass is 10.00. The van der Waals surface area contributed by atoms with Crippen LogP contribution in [0.1, 0.15) is 31.1 Å². The van der Waals surface area contributed by atoms with E-state index in [4.69, 9.17) is 9.90 Å². The molecule has 0 radical (unpaired) electrons. The molecule has 0 saturated carbocycles. The molecule has 1 amide bonds. The second kappa shape index (κ2) is 9.63.